The summed E-state index contributed by atoms with van der Waals surface area (Å²) in [5.41, 5.74) is 15.5. The van der Waals surface area contributed by atoms with Crippen molar-refractivity contribution in [1.82, 2.24) is 0 Å². The first kappa shape index (κ1) is 33.6. The number of benzene rings is 9. The van der Waals surface area contributed by atoms with Gasteiger partial charge in [0, 0.05) is 37.2 Å². The van der Waals surface area contributed by atoms with Crippen LogP contribution in [0.25, 0.3) is 75.8 Å². The van der Waals surface area contributed by atoms with E-state index in [1.165, 1.54) is 75.8 Å². The van der Waals surface area contributed by atoms with Gasteiger partial charge in [-0.3, -0.25) is 0 Å². The van der Waals surface area contributed by atoms with Gasteiger partial charge in [0.25, 0.3) is 0 Å². The van der Waals surface area contributed by atoms with E-state index in [1.54, 1.807) is 0 Å². The molecular weight excluding hydrogens is 695 g/mol. The van der Waals surface area contributed by atoms with E-state index in [1.807, 2.05) is 11.3 Å². The summed E-state index contributed by atoms with van der Waals surface area (Å²) in [5.74, 6) is 0. The predicted molar refractivity (Wildman–Crippen MR) is 241 cm³/mol. The quantitative estimate of drug-likeness (QED) is 0.150. The molecule has 0 saturated heterocycles. The number of fused-ring (bicyclic) bond motifs is 3. The molecule has 2 heteroatoms. The Morgan fingerprint density at radius 1 is 0.250 bits per heavy atom. The molecule has 0 atom stereocenters. The Morgan fingerprint density at radius 3 is 1.14 bits per heavy atom. The minimum Gasteiger partial charge on any atom is -0.311 e. The molecule has 10 rings (SSSR count). The molecule has 56 heavy (non-hydrogen) atoms. The fraction of sp³-hybridized carbons (Fsp3) is 0. The molecule has 0 unspecified atom stereocenters. The van der Waals surface area contributed by atoms with Crippen LogP contribution >= 0.6 is 11.3 Å². The third-order valence-electron chi connectivity index (χ3n) is 10.7. The number of para-hydroxylation sites is 1. The number of rotatable bonds is 8. The molecule has 1 nitrogen and oxygen atoms in total. The van der Waals surface area contributed by atoms with E-state index in [4.69, 9.17) is 0 Å². The van der Waals surface area contributed by atoms with Gasteiger partial charge in [-0.05, 0) is 110 Å². The predicted octanol–water partition coefficient (Wildman–Crippen LogP) is 15.9. The Bertz CT molecular complexity index is 2900. The van der Waals surface area contributed by atoms with Gasteiger partial charge in [-0.1, -0.05) is 170 Å². The van der Waals surface area contributed by atoms with E-state index in [9.17, 15) is 0 Å². The molecule has 0 N–H and O–H groups in total. The zero-order valence-electron chi connectivity index (χ0n) is 30.7. The number of nitrogens with zero attached hydrogens (tertiary/aromatic N) is 1. The fourth-order valence-electron chi connectivity index (χ4n) is 7.82. The Labute approximate surface area is 332 Å². The largest absolute Gasteiger partial charge is 0.311 e. The van der Waals surface area contributed by atoms with Crippen LogP contribution in [0, 0.1) is 0 Å². The van der Waals surface area contributed by atoms with E-state index in [2.05, 4.69) is 229 Å². The molecule has 0 aliphatic rings. The summed E-state index contributed by atoms with van der Waals surface area (Å²) < 4.78 is 2.64. The van der Waals surface area contributed by atoms with Gasteiger partial charge in [-0.25, -0.2) is 0 Å². The molecule has 10 aromatic rings. The van der Waals surface area contributed by atoms with Crippen LogP contribution in [0.2, 0.25) is 0 Å². The molecule has 0 aliphatic carbocycles. The van der Waals surface area contributed by atoms with Crippen LogP contribution in [0.15, 0.2) is 224 Å². The van der Waals surface area contributed by atoms with Crippen molar-refractivity contribution < 1.29 is 0 Å². The van der Waals surface area contributed by atoms with Crippen LogP contribution in [0.3, 0.4) is 0 Å². The lowest BCUT2D eigenvalue weighted by Gasteiger charge is -2.26. The minimum atomic E-state index is 1.11. The van der Waals surface area contributed by atoms with Crippen LogP contribution in [-0.2, 0) is 0 Å². The summed E-state index contributed by atoms with van der Waals surface area (Å²) in [7, 11) is 0. The Kier molecular flexibility index (Phi) is 8.79. The number of hydrogen-bond donors (Lipinski definition) is 0. The standard InChI is InChI=1S/C54H37NS/c1-4-12-38(13-5-1)39-20-22-40(23-21-39)42-28-32-47(33-29-42)55(46-16-8-3-9-17-46)48-34-30-43(31-35-48)41-24-26-45(27-25-41)51-37-54-52(49-18-10-11-19-53(49)56-54)36-50(51)44-14-6-2-7-15-44/h1-37H. The topological polar surface area (TPSA) is 3.24 Å². The van der Waals surface area contributed by atoms with Crippen LogP contribution in [0.4, 0.5) is 17.1 Å². The monoisotopic (exact) mass is 731 g/mol. The SMILES string of the molecule is c1ccc(-c2ccc(-c3ccc(N(c4ccccc4)c4ccc(-c5ccc(-c6cc7sc8ccccc8c7cc6-c6ccccc6)cc5)cc4)cc3)cc2)cc1. The summed E-state index contributed by atoms with van der Waals surface area (Å²) in [6.45, 7) is 0. The van der Waals surface area contributed by atoms with Crippen molar-refractivity contribution in [2.75, 3.05) is 4.90 Å². The molecule has 0 bridgehead atoms. The van der Waals surface area contributed by atoms with E-state index in [-0.39, 0.29) is 0 Å². The zero-order chi connectivity index (χ0) is 37.3. The highest BCUT2D eigenvalue weighted by Gasteiger charge is 2.15. The smallest absolute Gasteiger partial charge is 0.0462 e. The van der Waals surface area contributed by atoms with Crippen molar-refractivity contribution >= 4 is 48.6 Å². The second-order valence-corrected chi connectivity index (χ2v) is 15.2. The first-order valence-electron chi connectivity index (χ1n) is 19.1. The maximum Gasteiger partial charge on any atom is 0.0462 e. The van der Waals surface area contributed by atoms with Crippen molar-refractivity contribution in [3.63, 3.8) is 0 Å². The van der Waals surface area contributed by atoms with Gasteiger partial charge in [-0.2, -0.15) is 0 Å². The molecule has 1 heterocycles. The van der Waals surface area contributed by atoms with Crippen molar-refractivity contribution in [2.45, 2.75) is 0 Å². The molecule has 9 aromatic carbocycles. The molecule has 1 aromatic heterocycles. The first-order valence-corrected chi connectivity index (χ1v) is 19.9. The van der Waals surface area contributed by atoms with E-state index in [0.717, 1.165) is 17.1 Å². The highest BCUT2D eigenvalue weighted by Crippen LogP contribution is 2.43. The highest BCUT2D eigenvalue weighted by molar-refractivity contribution is 7.25. The third kappa shape index (κ3) is 6.47. The normalized spacial score (nSPS) is 11.2. The lowest BCUT2D eigenvalue weighted by molar-refractivity contribution is 1.28. The summed E-state index contributed by atoms with van der Waals surface area (Å²) >= 11 is 1.87. The van der Waals surface area contributed by atoms with Crippen LogP contribution < -0.4 is 4.90 Å². The number of hydrogen-bond acceptors (Lipinski definition) is 2. The summed E-state index contributed by atoms with van der Waals surface area (Å²) in [6.07, 6.45) is 0. The molecule has 0 saturated carbocycles. The Hall–Kier alpha value is -7.00. The van der Waals surface area contributed by atoms with E-state index < -0.39 is 0 Å². The summed E-state index contributed by atoms with van der Waals surface area (Å²) in [5, 5.41) is 2.64. The maximum absolute atomic E-state index is 2.39. The van der Waals surface area contributed by atoms with Crippen LogP contribution in [-0.4, -0.2) is 0 Å². The van der Waals surface area contributed by atoms with Crippen LogP contribution in [0.5, 0.6) is 0 Å². The summed E-state index contributed by atoms with van der Waals surface area (Å²) in [6, 6.07) is 81.2. The fourth-order valence-corrected chi connectivity index (χ4v) is 8.95. The lowest BCUT2D eigenvalue weighted by atomic mass is 9.92. The summed E-state index contributed by atoms with van der Waals surface area (Å²) in [4.78, 5) is 2.32. The number of thiophene rings is 1. The highest BCUT2D eigenvalue weighted by atomic mass is 32.1. The average molecular weight is 732 g/mol. The van der Waals surface area contributed by atoms with Crippen molar-refractivity contribution in [3.8, 4) is 55.6 Å². The van der Waals surface area contributed by atoms with Gasteiger partial charge < -0.3 is 4.90 Å². The van der Waals surface area contributed by atoms with E-state index >= 15 is 0 Å². The molecule has 264 valence electrons. The maximum atomic E-state index is 2.39. The Morgan fingerprint density at radius 2 is 0.607 bits per heavy atom. The molecule has 0 spiro atoms. The molecule has 0 aliphatic heterocycles. The second kappa shape index (κ2) is 14.7. The van der Waals surface area contributed by atoms with Crippen molar-refractivity contribution in [2.24, 2.45) is 0 Å². The third-order valence-corrected chi connectivity index (χ3v) is 11.9. The molecular formula is C54H37NS. The number of anilines is 3. The van der Waals surface area contributed by atoms with Gasteiger partial charge >= 0.3 is 0 Å². The Balaban J connectivity index is 0.944. The van der Waals surface area contributed by atoms with E-state index in [0.29, 0.717) is 0 Å². The van der Waals surface area contributed by atoms with Gasteiger partial charge in [0.15, 0.2) is 0 Å². The van der Waals surface area contributed by atoms with Gasteiger partial charge in [-0.15, -0.1) is 11.3 Å². The molecule has 0 fully saturated rings. The zero-order valence-corrected chi connectivity index (χ0v) is 31.5. The molecule has 0 amide bonds. The molecule has 0 radical (unpaired) electrons. The second-order valence-electron chi connectivity index (χ2n) is 14.1. The van der Waals surface area contributed by atoms with Gasteiger partial charge in [0.2, 0.25) is 0 Å². The minimum absolute atomic E-state index is 1.11. The first-order chi connectivity index (χ1) is 27.7. The van der Waals surface area contributed by atoms with Crippen molar-refractivity contribution in [1.29, 1.82) is 0 Å². The van der Waals surface area contributed by atoms with Gasteiger partial charge in [0.05, 0.1) is 0 Å². The van der Waals surface area contributed by atoms with Crippen molar-refractivity contribution in [3.05, 3.63) is 224 Å². The average Bonchev–Trinajstić information content (AvgIpc) is 3.65. The van der Waals surface area contributed by atoms with Gasteiger partial charge in [0.1, 0.15) is 0 Å². The van der Waals surface area contributed by atoms with Crippen LogP contribution in [0.1, 0.15) is 0 Å². The lowest BCUT2D eigenvalue weighted by Crippen LogP contribution is -2.09.